The lowest BCUT2D eigenvalue weighted by atomic mass is 9.82. The average Bonchev–Trinajstić information content (AvgIpc) is 3.13. The largest absolute Gasteiger partial charge is 0.399 e. The number of benzene rings is 8. The van der Waals surface area contributed by atoms with Gasteiger partial charge in [-0.15, -0.1) is 0 Å². The third kappa shape index (κ3) is 5.09. The molecule has 0 heterocycles. The number of rotatable bonds is 6. The summed E-state index contributed by atoms with van der Waals surface area (Å²) in [6.45, 7) is 4.45. The first-order chi connectivity index (χ1) is 23.6. The number of fused-ring (bicyclic) bond motifs is 2. The standard InChI is InChI=1S/C46H36N2/c1-31-29-35(47)27-28-38(31)43-30-44(41-25-13-17-33-15-9-11-23-39(33)41)46(48(36-19-5-3-6-20-36)37-21-7-4-8-22-37)45(32(43)2)42-26-14-18-34-16-10-12-24-40(34)42/h3-30H,47H2,1-2H3. The van der Waals surface area contributed by atoms with E-state index in [1.165, 1.54) is 60.5 Å². The first-order valence-electron chi connectivity index (χ1n) is 16.5. The molecule has 48 heavy (non-hydrogen) atoms. The number of hydrogen-bond acceptors (Lipinski definition) is 2. The van der Waals surface area contributed by atoms with Gasteiger partial charge in [0, 0.05) is 28.2 Å². The zero-order chi connectivity index (χ0) is 32.6. The second-order valence-corrected chi connectivity index (χ2v) is 12.5. The molecule has 8 aromatic carbocycles. The SMILES string of the molecule is Cc1cc(N)ccc1-c1cc(-c2cccc3ccccc23)c(N(c2ccccc2)c2ccccc2)c(-c2cccc3ccccc23)c1C. The van der Waals surface area contributed by atoms with E-state index >= 15 is 0 Å². The topological polar surface area (TPSA) is 29.3 Å². The molecule has 0 fully saturated rings. The summed E-state index contributed by atoms with van der Waals surface area (Å²) >= 11 is 0. The van der Waals surface area contributed by atoms with Crippen LogP contribution in [0.3, 0.4) is 0 Å². The Labute approximate surface area is 282 Å². The highest BCUT2D eigenvalue weighted by atomic mass is 15.1. The monoisotopic (exact) mass is 616 g/mol. The third-order valence-electron chi connectivity index (χ3n) is 9.49. The summed E-state index contributed by atoms with van der Waals surface area (Å²) in [5, 5.41) is 4.87. The van der Waals surface area contributed by atoms with Gasteiger partial charge in [-0.05, 0) is 111 Å². The molecule has 0 bridgehead atoms. The lowest BCUT2D eigenvalue weighted by Crippen LogP contribution is -2.14. The van der Waals surface area contributed by atoms with Crippen molar-refractivity contribution in [1.29, 1.82) is 0 Å². The van der Waals surface area contributed by atoms with Crippen LogP contribution in [0, 0.1) is 13.8 Å². The van der Waals surface area contributed by atoms with Crippen molar-refractivity contribution in [2.45, 2.75) is 13.8 Å². The Balaban J connectivity index is 1.61. The summed E-state index contributed by atoms with van der Waals surface area (Å²) in [7, 11) is 0. The number of hydrogen-bond donors (Lipinski definition) is 1. The van der Waals surface area contributed by atoms with Crippen LogP contribution in [0.5, 0.6) is 0 Å². The van der Waals surface area contributed by atoms with Crippen molar-refractivity contribution in [3.05, 3.63) is 181 Å². The molecule has 0 aliphatic heterocycles. The molecule has 0 spiro atoms. The van der Waals surface area contributed by atoms with Crippen LogP contribution in [0.1, 0.15) is 11.1 Å². The van der Waals surface area contributed by atoms with E-state index in [9.17, 15) is 0 Å². The van der Waals surface area contributed by atoms with Crippen LogP contribution in [0.4, 0.5) is 22.7 Å². The van der Waals surface area contributed by atoms with Gasteiger partial charge in [0.15, 0.2) is 0 Å². The summed E-state index contributed by atoms with van der Waals surface area (Å²) in [5.41, 5.74) is 19.9. The van der Waals surface area contributed by atoms with E-state index in [2.05, 4.69) is 183 Å². The molecule has 230 valence electrons. The molecular formula is C46H36N2. The van der Waals surface area contributed by atoms with Gasteiger partial charge in [-0.1, -0.05) is 127 Å². The summed E-state index contributed by atoms with van der Waals surface area (Å²) in [4.78, 5) is 2.45. The number of anilines is 4. The molecule has 0 aromatic heterocycles. The van der Waals surface area contributed by atoms with Crippen molar-refractivity contribution >= 4 is 44.3 Å². The molecule has 0 amide bonds. The van der Waals surface area contributed by atoms with Crippen LogP contribution in [-0.2, 0) is 0 Å². The molecule has 0 radical (unpaired) electrons. The molecule has 0 aliphatic carbocycles. The Kier molecular flexibility index (Phi) is 7.47. The van der Waals surface area contributed by atoms with Crippen LogP contribution >= 0.6 is 0 Å². The number of nitrogens with two attached hydrogens (primary N) is 1. The van der Waals surface area contributed by atoms with Gasteiger partial charge in [0.1, 0.15) is 0 Å². The molecule has 0 atom stereocenters. The van der Waals surface area contributed by atoms with Crippen LogP contribution in [0.15, 0.2) is 170 Å². The lowest BCUT2D eigenvalue weighted by Gasteiger charge is -2.33. The molecule has 0 aliphatic rings. The Morgan fingerprint density at radius 2 is 0.938 bits per heavy atom. The normalized spacial score (nSPS) is 11.2. The van der Waals surface area contributed by atoms with E-state index < -0.39 is 0 Å². The van der Waals surface area contributed by atoms with Crippen LogP contribution in [-0.4, -0.2) is 0 Å². The average molecular weight is 617 g/mol. The van der Waals surface area contributed by atoms with Gasteiger partial charge in [-0.3, -0.25) is 0 Å². The van der Waals surface area contributed by atoms with Gasteiger partial charge >= 0.3 is 0 Å². The number of nitrogens with zero attached hydrogens (tertiary/aromatic N) is 1. The van der Waals surface area contributed by atoms with Gasteiger partial charge in [-0.25, -0.2) is 0 Å². The maximum absolute atomic E-state index is 6.30. The highest BCUT2D eigenvalue weighted by Crippen LogP contribution is 2.52. The lowest BCUT2D eigenvalue weighted by molar-refractivity contribution is 1.27. The Morgan fingerprint density at radius 1 is 0.417 bits per heavy atom. The highest BCUT2D eigenvalue weighted by molar-refractivity contribution is 6.11. The van der Waals surface area contributed by atoms with Crippen LogP contribution < -0.4 is 10.6 Å². The molecule has 2 N–H and O–H groups in total. The van der Waals surface area contributed by atoms with Crippen molar-refractivity contribution in [2.24, 2.45) is 0 Å². The van der Waals surface area contributed by atoms with Gasteiger partial charge in [0.25, 0.3) is 0 Å². The Hall–Kier alpha value is -6.12. The zero-order valence-electron chi connectivity index (χ0n) is 27.2. The minimum Gasteiger partial charge on any atom is -0.399 e. The van der Waals surface area contributed by atoms with Crippen LogP contribution in [0.25, 0.3) is 54.9 Å². The van der Waals surface area contributed by atoms with Crippen molar-refractivity contribution in [3.63, 3.8) is 0 Å². The van der Waals surface area contributed by atoms with E-state index in [1.807, 2.05) is 6.07 Å². The van der Waals surface area contributed by atoms with Crippen molar-refractivity contribution in [3.8, 4) is 33.4 Å². The fourth-order valence-corrected chi connectivity index (χ4v) is 7.27. The highest BCUT2D eigenvalue weighted by Gasteiger charge is 2.27. The minimum atomic E-state index is 0.772. The van der Waals surface area contributed by atoms with E-state index in [0.29, 0.717) is 0 Å². The molecule has 2 nitrogen and oxygen atoms in total. The maximum atomic E-state index is 6.30. The van der Waals surface area contributed by atoms with E-state index in [4.69, 9.17) is 5.73 Å². The molecule has 0 saturated heterocycles. The molecule has 8 rings (SSSR count). The van der Waals surface area contributed by atoms with Gasteiger partial charge in [0.05, 0.1) is 5.69 Å². The molecule has 0 unspecified atom stereocenters. The molecule has 8 aromatic rings. The second kappa shape index (κ2) is 12.2. The van der Waals surface area contributed by atoms with Gasteiger partial charge in [0.2, 0.25) is 0 Å². The second-order valence-electron chi connectivity index (χ2n) is 12.5. The van der Waals surface area contributed by atoms with E-state index in [-0.39, 0.29) is 0 Å². The molecule has 2 heteroatoms. The summed E-state index contributed by atoms with van der Waals surface area (Å²) in [5.74, 6) is 0. The number of aryl methyl sites for hydroxylation is 1. The predicted molar refractivity (Wildman–Crippen MR) is 206 cm³/mol. The van der Waals surface area contributed by atoms with E-state index in [1.54, 1.807) is 0 Å². The Bertz CT molecular complexity index is 2380. The predicted octanol–water partition coefficient (Wildman–Crippen LogP) is 12.7. The van der Waals surface area contributed by atoms with Gasteiger partial charge in [-0.2, -0.15) is 0 Å². The summed E-state index contributed by atoms with van der Waals surface area (Å²) in [6.07, 6.45) is 0. The first-order valence-corrected chi connectivity index (χ1v) is 16.5. The van der Waals surface area contributed by atoms with Crippen LogP contribution in [0.2, 0.25) is 0 Å². The maximum Gasteiger partial charge on any atom is 0.0621 e. The summed E-state index contributed by atoms with van der Waals surface area (Å²) < 4.78 is 0. The quantitative estimate of drug-likeness (QED) is 0.188. The van der Waals surface area contributed by atoms with Crippen molar-refractivity contribution < 1.29 is 0 Å². The smallest absolute Gasteiger partial charge is 0.0621 e. The number of para-hydroxylation sites is 2. The fraction of sp³-hybridized carbons (Fsp3) is 0.0435. The molecule has 0 saturated carbocycles. The van der Waals surface area contributed by atoms with Crippen molar-refractivity contribution in [2.75, 3.05) is 10.6 Å². The van der Waals surface area contributed by atoms with E-state index in [0.717, 1.165) is 28.3 Å². The first kappa shape index (κ1) is 29.3. The molecular weight excluding hydrogens is 581 g/mol. The fourth-order valence-electron chi connectivity index (χ4n) is 7.27. The third-order valence-corrected chi connectivity index (χ3v) is 9.49. The summed E-state index contributed by atoms with van der Waals surface area (Å²) in [6, 6.07) is 61.0. The zero-order valence-corrected chi connectivity index (χ0v) is 27.2. The van der Waals surface area contributed by atoms with Gasteiger partial charge < -0.3 is 10.6 Å². The minimum absolute atomic E-state index is 0.772. The Morgan fingerprint density at radius 3 is 1.54 bits per heavy atom. The number of nitrogen functional groups attached to an aromatic ring is 1. The van der Waals surface area contributed by atoms with Crippen molar-refractivity contribution in [1.82, 2.24) is 0 Å².